The Balaban J connectivity index is 1.67. The van der Waals surface area contributed by atoms with Crippen LogP contribution in [0.25, 0.3) is 0 Å². The van der Waals surface area contributed by atoms with Crippen molar-refractivity contribution in [3.63, 3.8) is 0 Å². The summed E-state index contributed by atoms with van der Waals surface area (Å²) in [6, 6.07) is 3.94. The predicted octanol–water partition coefficient (Wildman–Crippen LogP) is 2.14. The lowest BCUT2D eigenvalue weighted by Crippen LogP contribution is -2.32. The first-order chi connectivity index (χ1) is 9.27. The molecule has 0 aliphatic carbocycles. The van der Waals surface area contributed by atoms with Crippen molar-refractivity contribution in [2.45, 2.75) is 44.2 Å². The van der Waals surface area contributed by atoms with Gasteiger partial charge in [-0.1, -0.05) is 0 Å². The van der Waals surface area contributed by atoms with Crippen molar-refractivity contribution >= 4 is 5.91 Å². The molecule has 0 bridgehead atoms. The van der Waals surface area contributed by atoms with Crippen molar-refractivity contribution in [1.29, 1.82) is 0 Å². The first-order valence-corrected chi connectivity index (χ1v) is 7.08. The number of aromatic nitrogens is 1. The zero-order valence-corrected chi connectivity index (χ0v) is 11.2. The average molecular weight is 260 g/mol. The fourth-order valence-corrected chi connectivity index (χ4v) is 3.11. The van der Waals surface area contributed by atoms with Gasteiger partial charge in [-0.2, -0.15) is 0 Å². The molecule has 0 aromatic carbocycles. The molecule has 0 N–H and O–H groups in total. The highest BCUT2D eigenvalue weighted by molar-refractivity contribution is 5.76. The molecule has 4 heteroatoms. The second-order valence-electron chi connectivity index (χ2n) is 5.56. The third kappa shape index (κ3) is 2.78. The van der Waals surface area contributed by atoms with Gasteiger partial charge >= 0.3 is 0 Å². The van der Waals surface area contributed by atoms with E-state index in [1.165, 1.54) is 0 Å². The maximum absolute atomic E-state index is 12.2. The minimum atomic E-state index is -0.0113. The van der Waals surface area contributed by atoms with Crippen molar-refractivity contribution in [3.05, 3.63) is 30.1 Å². The highest BCUT2D eigenvalue weighted by Crippen LogP contribution is 2.36. The maximum Gasteiger partial charge on any atom is 0.222 e. The van der Waals surface area contributed by atoms with Crippen LogP contribution in [0, 0.1) is 0 Å². The van der Waals surface area contributed by atoms with Gasteiger partial charge in [-0.25, -0.2) is 0 Å². The Labute approximate surface area is 113 Å². The molecule has 2 aliphatic rings. The second-order valence-corrected chi connectivity index (χ2v) is 5.56. The third-order valence-corrected chi connectivity index (χ3v) is 4.29. The second kappa shape index (κ2) is 5.29. The van der Waals surface area contributed by atoms with Crippen LogP contribution < -0.4 is 0 Å². The minimum Gasteiger partial charge on any atom is -0.375 e. The summed E-state index contributed by atoms with van der Waals surface area (Å²) in [6.45, 7) is 2.36. The van der Waals surface area contributed by atoms with Crippen LogP contribution in [-0.2, 0) is 16.1 Å². The predicted molar refractivity (Wildman–Crippen MR) is 71.4 cm³/mol. The molecule has 4 nitrogen and oxygen atoms in total. The molecule has 2 saturated heterocycles. The fourth-order valence-electron chi connectivity index (χ4n) is 3.11. The van der Waals surface area contributed by atoms with Crippen LogP contribution in [0.3, 0.4) is 0 Å². The van der Waals surface area contributed by atoms with Gasteiger partial charge in [0.05, 0.1) is 5.60 Å². The minimum absolute atomic E-state index is 0.0113. The summed E-state index contributed by atoms with van der Waals surface area (Å²) in [4.78, 5) is 18.2. The van der Waals surface area contributed by atoms with Crippen LogP contribution >= 0.6 is 0 Å². The van der Waals surface area contributed by atoms with Crippen LogP contribution in [0.4, 0.5) is 0 Å². The number of likely N-dealkylation sites (tertiary alicyclic amines) is 1. The molecule has 102 valence electrons. The molecule has 3 heterocycles. The normalized spacial score (nSPS) is 27.8. The largest absolute Gasteiger partial charge is 0.375 e. The van der Waals surface area contributed by atoms with E-state index in [0.29, 0.717) is 13.0 Å². The van der Waals surface area contributed by atoms with E-state index in [4.69, 9.17) is 4.74 Å². The molecule has 0 radical (unpaired) electrons. The van der Waals surface area contributed by atoms with Crippen LogP contribution in [-0.4, -0.2) is 34.5 Å². The number of carbonyl (C=O) groups is 1. The summed E-state index contributed by atoms with van der Waals surface area (Å²) in [5.41, 5.74) is 1.13. The van der Waals surface area contributed by atoms with E-state index in [2.05, 4.69) is 4.98 Å². The van der Waals surface area contributed by atoms with Crippen LogP contribution in [0.15, 0.2) is 24.5 Å². The van der Waals surface area contributed by atoms with Gasteiger partial charge in [-0.15, -0.1) is 0 Å². The average Bonchev–Trinajstić information content (AvgIpc) is 2.85. The molecule has 0 unspecified atom stereocenters. The van der Waals surface area contributed by atoms with E-state index >= 15 is 0 Å². The van der Waals surface area contributed by atoms with Gasteiger partial charge in [0.2, 0.25) is 5.91 Å². The number of hydrogen-bond donors (Lipinski definition) is 0. The molecule has 1 aromatic rings. The molecule has 1 spiro atoms. The van der Waals surface area contributed by atoms with Gasteiger partial charge in [-0.05, 0) is 43.4 Å². The van der Waals surface area contributed by atoms with Crippen LogP contribution in [0.5, 0.6) is 0 Å². The molecule has 2 fully saturated rings. The van der Waals surface area contributed by atoms with Gasteiger partial charge in [0.1, 0.15) is 0 Å². The molecule has 1 amide bonds. The first-order valence-electron chi connectivity index (χ1n) is 7.08. The SMILES string of the molecule is O=C1CC[C@]2(CCCO2)CCN1Cc1ccncc1. The lowest BCUT2D eigenvalue weighted by Gasteiger charge is -2.26. The third-order valence-electron chi connectivity index (χ3n) is 4.29. The summed E-state index contributed by atoms with van der Waals surface area (Å²) in [6.07, 6.45) is 8.29. The molecule has 2 aliphatic heterocycles. The Morgan fingerprint density at radius 1 is 1.26 bits per heavy atom. The van der Waals surface area contributed by atoms with Gasteiger partial charge in [0.25, 0.3) is 0 Å². The Morgan fingerprint density at radius 3 is 2.84 bits per heavy atom. The Bertz CT molecular complexity index is 441. The first kappa shape index (κ1) is 12.6. The lowest BCUT2D eigenvalue weighted by atomic mass is 9.92. The number of nitrogens with zero attached hydrogens (tertiary/aromatic N) is 2. The Morgan fingerprint density at radius 2 is 2.11 bits per heavy atom. The van der Waals surface area contributed by atoms with Crippen molar-refractivity contribution in [2.75, 3.05) is 13.2 Å². The topological polar surface area (TPSA) is 42.4 Å². The van der Waals surface area contributed by atoms with E-state index in [0.717, 1.165) is 44.4 Å². The standard InChI is InChI=1S/C15H20N2O2/c18-14-2-6-15(5-1-11-19-15)7-10-17(14)12-13-3-8-16-9-4-13/h3-4,8-9H,1-2,5-7,10-12H2/t15-/m1/s1. The zero-order chi connectivity index (χ0) is 13.1. The molecule has 3 rings (SSSR count). The molecule has 1 aromatic heterocycles. The quantitative estimate of drug-likeness (QED) is 0.818. The molecule has 0 saturated carbocycles. The van der Waals surface area contributed by atoms with Crippen molar-refractivity contribution in [3.8, 4) is 0 Å². The summed E-state index contributed by atoms with van der Waals surface area (Å²) >= 11 is 0. The smallest absolute Gasteiger partial charge is 0.222 e. The van der Waals surface area contributed by atoms with Gasteiger partial charge in [0, 0.05) is 38.5 Å². The highest BCUT2D eigenvalue weighted by Gasteiger charge is 2.38. The van der Waals surface area contributed by atoms with Crippen molar-refractivity contribution in [1.82, 2.24) is 9.88 Å². The maximum atomic E-state index is 12.2. The van der Waals surface area contributed by atoms with Gasteiger partial charge in [-0.3, -0.25) is 9.78 Å². The Kier molecular flexibility index (Phi) is 3.51. The number of rotatable bonds is 2. The highest BCUT2D eigenvalue weighted by atomic mass is 16.5. The number of hydrogen-bond acceptors (Lipinski definition) is 3. The summed E-state index contributed by atoms with van der Waals surface area (Å²) in [5, 5.41) is 0. The Hall–Kier alpha value is -1.42. The zero-order valence-electron chi connectivity index (χ0n) is 11.2. The summed E-state index contributed by atoms with van der Waals surface area (Å²) in [5.74, 6) is 0.254. The van der Waals surface area contributed by atoms with Crippen molar-refractivity contribution in [2.24, 2.45) is 0 Å². The van der Waals surface area contributed by atoms with E-state index in [-0.39, 0.29) is 11.5 Å². The molecular formula is C15H20N2O2. The van der Waals surface area contributed by atoms with E-state index < -0.39 is 0 Å². The van der Waals surface area contributed by atoms with E-state index in [1.54, 1.807) is 12.4 Å². The van der Waals surface area contributed by atoms with E-state index in [1.807, 2.05) is 17.0 Å². The number of ether oxygens (including phenoxy) is 1. The van der Waals surface area contributed by atoms with Gasteiger partial charge < -0.3 is 9.64 Å². The fraction of sp³-hybridized carbons (Fsp3) is 0.600. The number of carbonyl (C=O) groups excluding carboxylic acids is 1. The number of pyridine rings is 1. The number of amides is 1. The van der Waals surface area contributed by atoms with Crippen LogP contribution in [0.1, 0.15) is 37.7 Å². The van der Waals surface area contributed by atoms with Crippen molar-refractivity contribution < 1.29 is 9.53 Å². The lowest BCUT2D eigenvalue weighted by molar-refractivity contribution is -0.131. The van der Waals surface area contributed by atoms with Gasteiger partial charge in [0.15, 0.2) is 0 Å². The summed E-state index contributed by atoms with van der Waals surface area (Å²) < 4.78 is 5.92. The molecule has 1 atom stereocenters. The monoisotopic (exact) mass is 260 g/mol. The molecular weight excluding hydrogens is 240 g/mol. The van der Waals surface area contributed by atoms with E-state index in [9.17, 15) is 4.79 Å². The van der Waals surface area contributed by atoms with Crippen LogP contribution in [0.2, 0.25) is 0 Å². The molecule has 19 heavy (non-hydrogen) atoms. The summed E-state index contributed by atoms with van der Waals surface area (Å²) in [7, 11) is 0.